The number of hydrogen-bond acceptors (Lipinski definition) is 6. The van der Waals surface area contributed by atoms with Crippen molar-refractivity contribution in [3.63, 3.8) is 0 Å². The number of ether oxygens (including phenoxy) is 1. The van der Waals surface area contributed by atoms with Crippen LogP contribution in [0.5, 0.6) is 5.75 Å². The summed E-state index contributed by atoms with van der Waals surface area (Å²) in [4.78, 5) is 20.8. The van der Waals surface area contributed by atoms with Crippen molar-refractivity contribution in [2.24, 2.45) is 11.8 Å². The maximum absolute atomic E-state index is 13.2. The zero-order valence-electron chi connectivity index (χ0n) is 22.2. The van der Waals surface area contributed by atoms with Gasteiger partial charge in [-0.1, -0.05) is 18.5 Å². The lowest BCUT2D eigenvalue weighted by Gasteiger charge is -2.27. The van der Waals surface area contributed by atoms with E-state index in [0.29, 0.717) is 37.9 Å². The Labute approximate surface area is 240 Å². The molecule has 1 aliphatic rings. The molecule has 0 radical (unpaired) electrons. The van der Waals surface area contributed by atoms with E-state index < -0.39 is 74.6 Å². The van der Waals surface area contributed by atoms with Gasteiger partial charge in [0, 0.05) is 25.4 Å². The van der Waals surface area contributed by atoms with Gasteiger partial charge >= 0.3 is 19.0 Å². The third kappa shape index (κ3) is 8.23. The van der Waals surface area contributed by atoms with Crippen LogP contribution in [-0.4, -0.2) is 65.9 Å². The predicted octanol–water partition coefficient (Wildman–Crippen LogP) is 5.70. The second-order valence-electron chi connectivity index (χ2n) is 9.92. The van der Waals surface area contributed by atoms with E-state index in [-0.39, 0.29) is 30.4 Å². The van der Waals surface area contributed by atoms with E-state index in [4.69, 9.17) is 11.6 Å². The van der Waals surface area contributed by atoms with Crippen LogP contribution in [0.2, 0.25) is 5.15 Å². The first-order valence-electron chi connectivity index (χ1n) is 12.6. The molecule has 0 unspecified atom stereocenters. The molecule has 0 spiro atoms. The molecule has 3 rings (SSSR count). The molecule has 42 heavy (non-hydrogen) atoms. The Morgan fingerprint density at radius 3 is 2.24 bits per heavy atom. The standard InChI is InChI=1S/C24H27ClF8N4O4S/c1-3-17-36-18(21(38)35-10-12-4-6-14(7-5-12)42(2,39)40)19(25)37(17)20-15(41-22(26)27)8-13(11-34-20)9-16(23(28,29)30)24(31,32)33/h8,11-12,14,16,22H,3-7,9-10H2,1-2H3,(H,35,38). The largest absolute Gasteiger partial charge is 0.431 e. The summed E-state index contributed by atoms with van der Waals surface area (Å²) in [6.07, 6.45) is -9.12. The zero-order chi connectivity index (χ0) is 31.6. The number of nitrogens with one attached hydrogen (secondary N) is 1. The molecule has 236 valence electrons. The lowest BCUT2D eigenvalue weighted by molar-refractivity contribution is -0.283. The molecule has 0 aromatic carbocycles. The van der Waals surface area contributed by atoms with E-state index in [1.54, 1.807) is 6.92 Å². The van der Waals surface area contributed by atoms with Gasteiger partial charge in [0.05, 0.1) is 5.25 Å². The summed E-state index contributed by atoms with van der Waals surface area (Å²) in [5.41, 5.74) is -1.02. The first-order chi connectivity index (χ1) is 19.3. The molecule has 0 atom stereocenters. The molecule has 1 aliphatic carbocycles. The van der Waals surface area contributed by atoms with E-state index >= 15 is 0 Å². The highest BCUT2D eigenvalue weighted by atomic mass is 35.5. The van der Waals surface area contributed by atoms with Crippen LogP contribution in [0.3, 0.4) is 0 Å². The summed E-state index contributed by atoms with van der Waals surface area (Å²) in [5, 5.41) is 1.80. The maximum Gasteiger partial charge on any atom is 0.400 e. The second-order valence-corrected chi connectivity index (χ2v) is 12.6. The highest BCUT2D eigenvalue weighted by Crippen LogP contribution is 2.42. The van der Waals surface area contributed by atoms with Crippen molar-refractivity contribution < 1.29 is 53.1 Å². The molecule has 2 aromatic rings. The van der Waals surface area contributed by atoms with Crippen molar-refractivity contribution in [2.75, 3.05) is 12.8 Å². The number of alkyl halides is 8. The maximum atomic E-state index is 13.2. The van der Waals surface area contributed by atoms with Crippen LogP contribution in [0.1, 0.15) is 54.5 Å². The normalized spacial score (nSPS) is 18.5. The number of hydrogen-bond donors (Lipinski definition) is 1. The average Bonchev–Trinajstić information content (AvgIpc) is 3.20. The second kappa shape index (κ2) is 12.9. The first kappa shape index (κ1) is 33.8. The lowest BCUT2D eigenvalue weighted by atomic mass is 9.89. The summed E-state index contributed by atoms with van der Waals surface area (Å²) >= 11 is 6.37. The van der Waals surface area contributed by atoms with Gasteiger partial charge in [0.15, 0.2) is 23.2 Å². The number of nitrogens with zero attached hydrogens (tertiary/aromatic N) is 3. The van der Waals surface area contributed by atoms with E-state index in [1.807, 2.05) is 0 Å². The fraction of sp³-hybridized carbons (Fsp3) is 0.625. The first-order valence-corrected chi connectivity index (χ1v) is 15.0. The summed E-state index contributed by atoms with van der Waals surface area (Å²) < 4.78 is 134. The van der Waals surface area contributed by atoms with Gasteiger partial charge in [-0.2, -0.15) is 35.1 Å². The summed E-state index contributed by atoms with van der Waals surface area (Å²) in [6.45, 7) is -1.79. The van der Waals surface area contributed by atoms with E-state index in [1.165, 1.54) is 6.26 Å². The zero-order valence-corrected chi connectivity index (χ0v) is 23.8. The molecular weight excluding hydrogens is 628 g/mol. The van der Waals surface area contributed by atoms with Crippen LogP contribution < -0.4 is 10.1 Å². The number of sulfone groups is 1. The number of aryl methyl sites for hydroxylation is 1. The minimum Gasteiger partial charge on any atom is -0.431 e. The van der Waals surface area contributed by atoms with Crippen molar-refractivity contribution in [1.29, 1.82) is 0 Å². The van der Waals surface area contributed by atoms with Crippen molar-refractivity contribution in [2.45, 2.75) is 69.7 Å². The number of halogens is 9. The Bertz CT molecular complexity index is 1360. The van der Waals surface area contributed by atoms with Crippen molar-refractivity contribution >= 4 is 27.3 Å². The Morgan fingerprint density at radius 1 is 1.14 bits per heavy atom. The monoisotopic (exact) mass is 654 g/mol. The molecule has 0 bridgehead atoms. The van der Waals surface area contributed by atoms with Crippen molar-refractivity contribution in [1.82, 2.24) is 19.9 Å². The topological polar surface area (TPSA) is 103 Å². The quantitative estimate of drug-likeness (QED) is 0.330. The summed E-state index contributed by atoms with van der Waals surface area (Å²) in [6, 6.07) is 0.571. The van der Waals surface area contributed by atoms with Crippen LogP contribution in [0.25, 0.3) is 5.82 Å². The van der Waals surface area contributed by atoms with Crippen LogP contribution >= 0.6 is 11.6 Å². The molecule has 1 amide bonds. The van der Waals surface area contributed by atoms with Gasteiger partial charge in [0.25, 0.3) is 5.91 Å². The lowest BCUT2D eigenvalue weighted by Crippen LogP contribution is -2.38. The Kier molecular flexibility index (Phi) is 10.4. The number of pyridine rings is 1. The molecule has 2 heterocycles. The third-order valence-electron chi connectivity index (χ3n) is 6.92. The van der Waals surface area contributed by atoms with Gasteiger partial charge in [-0.05, 0) is 49.7 Å². The van der Waals surface area contributed by atoms with Crippen LogP contribution in [-0.2, 0) is 22.7 Å². The van der Waals surface area contributed by atoms with Crippen molar-refractivity contribution in [3.05, 3.63) is 34.5 Å². The summed E-state index contributed by atoms with van der Waals surface area (Å²) in [7, 11) is -3.17. The molecular formula is C24H27ClF8N4O4S. The van der Waals surface area contributed by atoms with Crippen LogP contribution in [0.4, 0.5) is 35.1 Å². The van der Waals surface area contributed by atoms with E-state index in [9.17, 15) is 48.3 Å². The van der Waals surface area contributed by atoms with Gasteiger partial charge < -0.3 is 10.1 Å². The van der Waals surface area contributed by atoms with Crippen LogP contribution in [0, 0.1) is 11.8 Å². The Hall–Kier alpha value is -2.69. The molecule has 0 saturated heterocycles. The van der Waals surface area contributed by atoms with Crippen molar-refractivity contribution in [3.8, 4) is 11.6 Å². The molecule has 1 N–H and O–H groups in total. The van der Waals surface area contributed by atoms with E-state index in [0.717, 1.165) is 4.57 Å². The number of rotatable bonds is 10. The number of carbonyl (C=O) groups excluding carboxylic acids is 1. The average molecular weight is 655 g/mol. The van der Waals surface area contributed by atoms with Gasteiger partial charge in [-0.25, -0.2) is 18.4 Å². The third-order valence-corrected chi connectivity index (χ3v) is 8.95. The van der Waals surface area contributed by atoms with Gasteiger partial charge in [-0.15, -0.1) is 0 Å². The van der Waals surface area contributed by atoms with Gasteiger partial charge in [-0.3, -0.25) is 9.36 Å². The van der Waals surface area contributed by atoms with Crippen LogP contribution in [0.15, 0.2) is 12.3 Å². The fourth-order valence-corrected chi connectivity index (χ4v) is 6.15. The molecule has 18 heteroatoms. The fourth-order valence-electron chi connectivity index (χ4n) is 4.72. The molecule has 8 nitrogen and oxygen atoms in total. The SMILES string of the molecule is CCc1nc(C(=O)NCC2CCC(S(C)(=O)=O)CC2)c(Cl)n1-c1ncc(CC(C(F)(F)F)C(F)(F)F)cc1OC(F)F. The molecule has 2 aromatic heterocycles. The van der Waals surface area contributed by atoms with Gasteiger partial charge in [0.2, 0.25) is 0 Å². The minimum absolute atomic E-state index is 0.0154. The summed E-state index contributed by atoms with van der Waals surface area (Å²) in [5.74, 6) is -5.93. The number of aromatic nitrogens is 3. The number of carbonyl (C=O) groups is 1. The predicted molar refractivity (Wildman–Crippen MR) is 135 cm³/mol. The highest BCUT2D eigenvalue weighted by Gasteiger charge is 2.56. The Morgan fingerprint density at radius 2 is 1.74 bits per heavy atom. The Balaban J connectivity index is 1.88. The van der Waals surface area contributed by atoms with E-state index in [2.05, 4.69) is 20.0 Å². The molecule has 1 saturated carbocycles. The molecule has 0 aliphatic heterocycles. The minimum atomic E-state index is -5.67. The number of amides is 1. The smallest absolute Gasteiger partial charge is 0.400 e. The molecule has 1 fully saturated rings. The highest BCUT2D eigenvalue weighted by molar-refractivity contribution is 7.91. The van der Waals surface area contributed by atoms with Gasteiger partial charge in [0.1, 0.15) is 20.8 Å². The number of imidazole rings is 1.